The van der Waals surface area contributed by atoms with Gasteiger partial charge in [-0.25, -0.2) is 0 Å². The van der Waals surface area contributed by atoms with Crippen molar-refractivity contribution in [3.05, 3.63) is 307 Å². The molecule has 0 saturated carbocycles. The Balaban J connectivity index is 0.980. The Kier molecular flexibility index (Phi) is 10.1. The molecule has 1 aliphatic rings. The maximum absolute atomic E-state index is 6.74. The number of nitrogens with zero attached hydrogens (tertiary/aromatic N) is 1. The molecule has 0 bridgehead atoms. The lowest BCUT2D eigenvalue weighted by Crippen LogP contribution is -2.28. The van der Waals surface area contributed by atoms with Gasteiger partial charge in [-0.1, -0.05) is 237 Å². The van der Waals surface area contributed by atoms with Crippen LogP contribution in [-0.4, -0.2) is 0 Å². The molecule has 0 N–H and O–H groups in total. The summed E-state index contributed by atoms with van der Waals surface area (Å²) in [5, 5.41) is 4.62. The summed E-state index contributed by atoms with van der Waals surface area (Å²) in [5.41, 5.74) is 21.2. The number of anilines is 3. The van der Waals surface area contributed by atoms with E-state index in [1.54, 1.807) is 0 Å². The highest BCUT2D eigenvalue weighted by Gasteiger charge is 2.46. The van der Waals surface area contributed by atoms with Gasteiger partial charge in [0.05, 0.1) is 22.2 Å². The van der Waals surface area contributed by atoms with E-state index in [0.717, 1.165) is 55.7 Å². The average molecular weight is 930 g/mol. The predicted octanol–water partition coefficient (Wildman–Crippen LogP) is 19.2. The van der Waals surface area contributed by atoms with Crippen molar-refractivity contribution in [1.82, 2.24) is 0 Å². The normalized spacial score (nSPS) is 13.8. The first kappa shape index (κ1) is 42.4. The van der Waals surface area contributed by atoms with Crippen LogP contribution in [0, 0.1) is 0 Å². The number of hydrogen-bond donors (Lipinski definition) is 0. The van der Waals surface area contributed by atoms with Gasteiger partial charge in [0.25, 0.3) is 0 Å². The van der Waals surface area contributed by atoms with Crippen molar-refractivity contribution in [3.63, 3.8) is 0 Å². The molecule has 1 unspecified atom stereocenters. The number of para-hydroxylation sites is 1. The van der Waals surface area contributed by atoms with E-state index >= 15 is 0 Å². The third-order valence-corrected chi connectivity index (χ3v) is 15.2. The van der Waals surface area contributed by atoms with E-state index in [-0.39, 0.29) is 0 Å². The molecule has 1 aromatic heterocycles. The molecule has 0 aliphatic heterocycles. The summed E-state index contributed by atoms with van der Waals surface area (Å²) in [6.07, 6.45) is 0. The molecule has 342 valence electrons. The summed E-state index contributed by atoms with van der Waals surface area (Å²) in [5.74, 6) is 0. The number of fused-ring (bicyclic) bond motifs is 7. The van der Waals surface area contributed by atoms with Crippen LogP contribution < -0.4 is 4.90 Å². The van der Waals surface area contributed by atoms with Crippen LogP contribution in [0.25, 0.3) is 88.3 Å². The van der Waals surface area contributed by atoms with Gasteiger partial charge in [0.1, 0.15) is 11.2 Å². The summed E-state index contributed by atoms with van der Waals surface area (Å²) < 4.78 is 6.74. The smallest absolute Gasteiger partial charge is 0.137 e. The fourth-order valence-corrected chi connectivity index (χ4v) is 11.9. The second-order valence-corrected chi connectivity index (χ2v) is 19.1. The van der Waals surface area contributed by atoms with Crippen LogP contribution in [0.2, 0.25) is 0 Å². The van der Waals surface area contributed by atoms with Crippen molar-refractivity contribution in [3.8, 4) is 55.6 Å². The zero-order valence-electron chi connectivity index (χ0n) is 40.0. The number of benzene rings is 12. The molecule has 1 heterocycles. The molecule has 0 amide bonds. The van der Waals surface area contributed by atoms with Crippen molar-refractivity contribution in [2.45, 2.75) is 5.41 Å². The Morgan fingerprint density at radius 1 is 0.288 bits per heavy atom. The van der Waals surface area contributed by atoms with Crippen molar-refractivity contribution in [2.75, 3.05) is 4.90 Å². The Bertz CT molecular complexity index is 4170. The summed E-state index contributed by atoms with van der Waals surface area (Å²) in [4.78, 5) is 2.45. The van der Waals surface area contributed by atoms with Crippen molar-refractivity contribution < 1.29 is 4.42 Å². The minimum Gasteiger partial charge on any atom is -0.456 e. The predicted molar refractivity (Wildman–Crippen MR) is 305 cm³/mol. The SMILES string of the molecule is c1ccc(-c2ccc3c(c2)C(c2ccccc2)(c2ccc(N(c4ccccc4-c4ccc(-c5cccc6ccccc56)cc4)c4cccc5oc6ccc(-c7ccccc7)cc6c45)cc2)c2ccccc2-3)cc1. The van der Waals surface area contributed by atoms with Crippen LogP contribution in [0.5, 0.6) is 0 Å². The van der Waals surface area contributed by atoms with E-state index in [1.165, 1.54) is 72.0 Å². The first-order valence-corrected chi connectivity index (χ1v) is 25.2. The minimum atomic E-state index is -0.584. The average Bonchev–Trinajstić information content (AvgIpc) is 4.00. The van der Waals surface area contributed by atoms with Crippen LogP contribution in [-0.2, 0) is 5.41 Å². The van der Waals surface area contributed by atoms with Crippen molar-refractivity contribution in [2.24, 2.45) is 0 Å². The lowest BCUT2D eigenvalue weighted by molar-refractivity contribution is 0.669. The third-order valence-electron chi connectivity index (χ3n) is 15.2. The van der Waals surface area contributed by atoms with E-state index in [0.29, 0.717) is 0 Å². The fraction of sp³-hybridized carbons (Fsp3) is 0.0141. The molecule has 0 spiro atoms. The first-order valence-electron chi connectivity index (χ1n) is 25.2. The fourth-order valence-electron chi connectivity index (χ4n) is 11.9. The van der Waals surface area contributed by atoms with E-state index < -0.39 is 5.41 Å². The molecule has 2 heteroatoms. The van der Waals surface area contributed by atoms with Gasteiger partial charge in [-0.05, 0) is 132 Å². The second-order valence-electron chi connectivity index (χ2n) is 19.1. The Morgan fingerprint density at radius 3 is 1.59 bits per heavy atom. The van der Waals surface area contributed by atoms with Crippen molar-refractivity contribution >= 4 is 49.8 Å². The summed E-state index contributed by atoms with van der Waals surface area (Å²) in [6, 6.07) is 104. The second kappa shape index (κ2) is 17.4. The molecule has 1 aliphatic carbocycles. The van der Waals surface area contributed by atoms with Crippen molar-refractivity contribution in [1.29, 1.82) is 0 Å². The number of furan rings is 1. The molecule has 13 aromatic rings. The molecule has 0 fully saturated rings. The van der Waals surface area contributed by atoms with Crippen LogP contribution >= 0.6 is 0 Å². The highest BCUT2D eigenvalue weighted by atomic mass is 16.3. The van der Waals surface area contributed by atoms with E-state index in [9.17, 15) is 0 Å². The molecule has 73 heavy (non-hydrogen) atoms. The third kappa shape index (κ3) is 6.94. The highest BCUT2D eigenvalue weighted by molar-refractivity contribution is 6.15. The van der Waals surface area contributed by atoms with Gasteiger partial charge in [-0.3, -0.25) is 0 Å². The largest absolute Gasteiger partial charge is 0.456 e. The van der Waals surface area contributed by atoms with E-state index in [4.69, 9.17) is 4.42 Å². The van der Waals surface area contributed by atoms with Crippen LogP contribution in [0.3, 0.4) is 0 Å². The molecule has 2 nitrogen and oxygen atoms in total. The standard InChI is InChI=1S/C71H47NO/c1-4-18-48(19-5-1)53-39-45-68-63(46-53)70-67(32-17-33-69(70)73-68)72(66-31-15-13-27-60(66)52-36-34-51(35-37-52)59-29-16-23-50-22-10-11-26-58(50)59)57-42-40-56(41-43-57)71(55-24-8-3-9-25-55)64-30-14-12-28-61(64)62-44-38-54(47-65(62)71)49-20-6-2-7-21-49/h1-47H. The maximum atomic E-state index is 6.74. The summed E-state index contributed by atoms with van der Waals surface area (Å²) in [7, 11) is 0. The summed E-state index contributed by atoms with van der Waals surface area (Å²) in [6.45, 7) is 0. The minimum absolute atomic E-state index is 0.584. The Labute approximate surface area is 425 Å². The van der Waals surface area contributed by atoms with Gasteiger partial charge in [0, 0.05) is 16.6 Å². The molecule has 14 rings (SSSR count). The van der Waals surface area contributed by atoms with Gasteiger partial charge >= 0.3 is 0 Å². The topological polar surface area (TPSA) is 16.4 Å². The molecule has 12 aromatic carbocycles. The molecule has 1 atom stereocenters. The zero-order valence-corrected chi connectivity index (χ0v) is 40.0. The van der Waals surface area contributed by atoms with Crippen LogP contribution in [0.4, 0.5) is 17.1 Å². The Hall–Kier alpha value is -9.50. The van der Waals surface area contributed by atoms with Gasteiger partial charge in [-0.2, -0.15) is 0 Å². The lowest BCUT2D eigenvalue weighted by Gasteiger charge is -2.35. The zero-order chi connectivity index (χ0) is 48.3. The molecular formula is C71H47NO. The lowest BCUT2D eigenvalue weighted by atomic mass is 9.67. The molecule has 0 saturated heterocycles. The van der Waals surface area contributed by atoms with Gasteiger partial charge in [-0.15, -0.1) is 0 Å². The quantitative estimate of drug-likeness (QED) is 0.143. The Morgan fingerprint density at radius 2 is 0.822 bits per heavy atom. The molecule has 0 radical (unpaired) electrons. The number of hydrogen-bond acceptors (Lipinski definition) is 2. The van der Waals surface area contributed by atoms with Gasteiger partial charge in [0.2, 0.25) is 0 Å². The molecular weight excluding hydrogens is 883 g/mol. The first-order chi connectivity index (χ1) is 36.2. The van der Waals surface area contributed by atoms with E-state index in [2.05, 4.69) is 290 Å². The number of rotatable bonds is 9. The van der Waals surface area contributed by atoms with Gasteiger partial charge in [0.15, 0.2) is 0 Å². The maximum Gasteiger partial charge on any atom is 0.137 e. The summed E-state index contributed by atoms with van der Waals surface area (Å²) >= 11 is 0. The monoisotopic (exact) mass is 929 g/mol. The van der Waals surface area contributed by atoms with Crippen LogP contribution in [0.1, 0.15) is 22.3 Å². The van der Waals surface area contributed by atoms with Gasteiger partial charge < -0.3 is 9.32 Å². The van der Waals surface area contributed by atoms with E-state index in [1.807, 2.05) is 0 Å². The highest BCUT2D eigenvalue weighted by Crippen LogP contribution is 2.57. The van der Waals surface area contributed by atoms with Crippen LogP contribution in [0.15, 0.2) is 290 Å².